The Morgan fingerprint density at radius 1 is 0.880 bits per heavy atom. The van der Waals surface area contributed by atoms with Crippen LogP contribution in [0.3, 0.4) is 0 Å². The zero-order valence-corrected chi connectivity index (χ0v) is 13.5. The van der Waals surface area contributed by atoms with Crippen LogP contribution in [0.2, 0.25) is 0 Å². The Morgan fingerprint density at radius 3 is 2.20 bits per heavy atom. The first-order valence-electron chi connectivity index (χ1n) is 8.06. The lowest BCUT2D eigenvalue weighted by Gasteiger charge is -2.18. The maximum Gasteiger partial charge on any atom is 0.364 e. The monoisotopic (exact) mass is 328 g/mol. The molecule has 0 spiro atoms. The number of ether oxygens (including phenoxy) is 1. The summed E-state index contributed by atoms with van der Waals surface area (Å²) >= 11 is 0. The number of rotatable bonds is 3. The number of nitrogens with zero attached hydrogens (tertiary/aromatic N) is 2. The van der Waals surface area contributed by atoms with Crippen molar-refractivity contribution in [3.05, 3.63) is 108 Å². The van der Waals surface area contributed by atoms with Crippen LogP contribution in [0, 0.1) is 0 Å². The molecule has 2 heterocycles. The van der Waals surface area contributed by atoms with Crippen LogP contribution in [-0.4, -0.2) is 16.8 Å². The van der Waals surface area contributed by atoms with Gasteiger partial charge in [-0.1, -0.05) is 48.5 Å². The van der Waals surface area contributed by atoms with E-state index in [1.54, 1.807) is 0 Å². The van der Waals surface area contributed by atoms with E-state index in [-0.39, 0.29) is 0 Å². The lowest BCUT2D eigenvalue weighted by molar-refractivity contribution is -0.130. The molecule has 0 amide bonds. The molecule has 0 aliphatic carbocycles. The van der Waals surface area contributed by atoms with Crippen molar-refractivity contribution >= 4 is 11.9 Å². The third-order valence-electron chi connectivity index (χ3n) is 3.99. The molecule has 0 fully saturated rings. The molecule has 2 aliphatic rings. The van der Waals surface area contributed by atoms with E-state index >= 15 is 0 Å². The van der Waals surface area contributed by atoms with Crippen molar-refractivity contribution in [3.63, 3.8) is 0 Å². The SMILES string of the molecule is O=C1OC(c2ccccc2)=NC1=C1C=CN(Cc2ccccc2)C=C1. The Hall–Kier alpha value is -3.40. The second-order valence-electron chi connectivity index (χ2n) is 5.77. The molecule has 0 saturated heterocycles. The first-order chi connectivity index (χ1) is 12.3. The molecule has 0 unspecified atom stereocenters. The molecular formula is C21H16N2O2. The summed E-state index contributed by atoms with van der Waals surface area (Å²) in [6.45, 7) is 0.777. The van der Waals surface area contributed by atoms with Gasteiger partial charge < -0.3 is 9.64 Å². The van der Waals surface area contributed by atoms with Crippen LogP contribution >= 0.6 is 0 Å². The van der Waals surface area contributed by atoms with Gasteiger partial charge in [0.25, 0.3) is 0 Å². The number of allylic oxidation sites excluding steroid dienone is 3. The van der Waals surface area contributed by atoms with E-state index in [2.05, 4.69) is 22.0 Å². The van der Waals surface area contributed by atoms with E-state index in [4.69, 9.17) is 4.74 Å². The van der Waals surface area contributed by atoms with Gasteiger partial charge in [-0.3, -0.25) is 0 Å². The fourth-order valence-corrected chi connectivity index (χ4v) is 2.71. The summed E-state index contributed by atoms with van der Waals surface area (Å²) in [6.07, 6.45) is 7.66. The van der Waals surface area contributed by atoms with Gasteiger partial charge in [0.1, 0.15) is 0 Å². The van der Waals surface area contributed by atoms with Crippen LogP contribution < -0.4 is 0 Å². The van der Waals surface area contributed by atoms with Crippen LogP contribution in [-0.2, 0) is 16.1 Å². The molecule has 2 aromatic carbocycles. The number of carbonyl (C=O) groups is 1. The Balaban J connectivity index is 1.54. The van der Waals surface area contributed by atoms with Gasteiger partial charge in [-0.15, -0.1) is 0 Å². The van der Waals surface area contributed by atoms with E-state index in [0.717, 1.165) is 17.7 Å². The predicted molar refractivity (Wildman–Crippen MR) is 96.4 cm³/mol. The lowest BCUT2D eigenvalue weighted by atomic mass is 10.1. The Morgan fingerprint density at radius 2 is 1.52 bits per heavy atom. The van der Waals surface area contributed by atoms with Gasteiger partial charge in [-0.05, 0) is 29.8 Å². The Labute approximate surface area is 146 Å². The first kappa shape index (κ1) is 15.1. The highest BCUT2D eigenvalue weighted by Crippen LogP contribution is 2.23. The minimum atomic E-state index is -0.417. The number of aliphatic imine (C=N–C) groups is 1. The number of cyclic esters (lactones) is 1. The van der Waals surface area contributed by atoms with E-state index in [1.165, 1.54) is 5.56 Å². The van der Waals surface area contributed by atoms with Crippen LogP contribution in [0.4, 0.5) is 0 Å². The molecule has 2 aromatic rings. The molecule has 4 heteroatoms. The summed E-state index contributed by atoms with van der Waals surface area (Å²) in [5, 5.41) is 0. The van der Waals surface area contributed by atoms with Crippen LogP contribution in [0.25, 0.3) is 0 Å². The van der Waals surface area contributed by atoms with E-state index in [0.29, 0.717) is 11.6 Å². The zero-order chi connectivity index (χ0) is 17.1. The molecule has 0 saturated carbocycles. The summed E-state index contributed by atoms with van der Waals surface area (Å²) in [7, 11) is 0. The highest BCUT2D eigenvalue weighted by molar-refractivity contribution is 6.11. The highest BCUT2D eigenvalue weighted by atomic mass is 16.6. The first-order valence-corrected chi connectivity index (χ1v) is 8.06. The molecule has 4 nitrogen and oxygen atoms in total. The summed E-state index contributed by atoms with van der Waals surface area (Å²) in [6, 6.07) is 19.6. The summed E-state index contributed by atoms with van der Waals surface area (Å²) < 4.78 is 5.31. The number of esters is 1. The molecule has 122 valence electrons. The molecule has 0 aromatic heterocycles. The summed E-state index contributed by atoms with van der Waals surface area (Å²) in [5.41, 5.74) is 3.10. The minimum Gasteiger partial charge on any atom is -0.402 e. The van der Waals surface area contributed by atoms with Crippen molar-refractivity contribution in [2.45, 2.75) is 6.54 Å². The largest absolute Gasteiger partial charge is 0.402 e. The van der Waals surface area contributed by atoms with Crippen LogP contribution in [0.15, 0.2) is 101 Å². The quantitative estimate of drug-likeness (QED) is 0.636. The standard InChI is InChI=1S/C21H16N2O2/c24-21-19(22-20(25-21)18-9-5-2-6-10-18)17-11-13-23(14-12-17)15-16-7-3-1-4-8-16/h1-14H,15H2. The van der Waals surface area contributed by atoms with Gasteiger partial charge in [0, 0.05) is 30.1 Å². The Kier molecular flexibility index (Phi) is 4.01. The molecule has 2 aliphatic heterocycles. The van der Waals surface area contributed by atoms with Crippen LogP contribution in [0.5, 0.6) is 0 Å². The third kappa shape index (κ3) is 3.28. The van der Waals surface area contributed by atoms with Gasteiger partial charge in [0.2, 0.25) is 5.90 Å². The van der Waals surface area contributed by atoms with Crippen molar-refractivity contribution < 1.29 is 9.53 Å². The zero-order valence-electron chi connectivity index (χ0n) is 13.5. The number of carbonyl (C=O) groups excluding carboxylic acids is 1. The van der Waals surface area contributed by atoms with Crippen molar-refractivity contribution in [3.8, 4) is 0 Å². The van der Waals surface area contributed by atoms with Gasteiger partial charge >= 0.3 is 5.97 Å². The van der Waals surface area contributed by atoms with E-state index < -0.39 is 5.97 Å². The highest BCUT2D eigenvalue weighted by Gasteiger charge is 2.26. The average molecular weight is 328 g/mol. The van der Waals surface area contributed by atoms with Gasteiger partial charge in [0.15, 0.2) is 5.70 Å². The van der Waals surface area contributed by atoms with Gasteiger partial charge in [-0.25, -0.2) is 9.79 Å². The normalized spacial score (nSPS) is 16.2. The number of hydrogen-bond acceptors (Lipinski definition) is 4. The van der Waals surface area contributed by atoms with E-state index in [9.17, 15) is 4.79 Å². The Bertz CT molecular complexity index is 893. The molecule has 0 atom stereocenters. The minimum absolute atomic E-state index is 0.339. The molecule has 25 heavy (non-hydrogen) atoms. The molecular weight excluding hydrogens is 312 g/mol. The summed E-state index contributed by atoms with van der Waals surface area (Å²) in [5.74, 6) is -0.0683. The maximum absolute atomic E-state index is 12.2. The topological polar surface area (TPSA) is 41.9 Å². The van der Waals surface area contributed by atoms with E-state index in [1.807, 2.05) is 73.1 Å². The van der Waals surface area contributed by atoms with Crippen LogP contribution in [0.1, 0.15) is 11.1 Å². The van der Waals surface area contributed by atoms with Gasteiger partial charge in [-0.2, -0.15) is 0 Å². The molecule has 0 N–H and O–H groups in total. The molecule has 0 bridgehead atoms. The fourth-order valence-electron chi connectivity index (χ4n) is 2.71. The van der Waals surface area contributed by atoms with Crippen molar-refractivity contribution in [1.82, 2.24) is 4.90 Å². The fraction of sp³-hybridized carbons (Fsp3) is 0.0476. The second kappa shape index (κ2) is 6.61. The maximum atomic E-state index is 12.2. The number of benzene rings is 2. The van der Waals surface area contributed by atoms with Crippen molar-refractivity contribution in [1.29, 1.82) is 0 Å². The van der Waals surface area contributed by atoms with Crippen molar-refractivity contribution in [2.24, 2.45) is 4.99 Å². The lowest BCUT2D eigenvalue weighted by Crippen LogP contribution is -2.12. The average Bonchev–Trinajstić information content (AvgIpc) is 3.06. The van der Waals surface area contributed by atoms with Gasteiger partial charge in [0.05, 0.1) is 0 Å². The molecule has 0 radical (unpaired) electrons. The third-order valence-corrected chi connectivity index (χ3v) is 3.99. The number of hydrogen-bond donors (Lipinski definition) is 0. The predicted octanol–water partition coefficient (Wildman–Crippen LogP) is 3.79. The molecule has 4 rings (SSSR count). The second-order valence-corrected chi connectivity index (χ2v) is 5.77. The van der Waals surface area contributed by atoms with Crippen molar-refractivity contribution in [2.75, 3.05) is 0 Å². The smallest absolute Gasteiger partial charge is 0.364 e. The summed E-state index contributed by atoms with van der Waals surface area (Å²) in [4.78, 5) is 18.6.